The predicted octanol–water partition coefficient (Wildman–Crippen LogP) is 4.69. The van der Waals surface area contributed by atoms with Gasteiger partial charge in [0.15, 0.2) is 0 Å². The Morgan fingerprint density at radius 3 is 2.78 bits per heavy atom. The van der Waals surface area contributed by atoms with E-state index in [9.17, 15) is 5.11 Å². The van der Waals surface area contributed by atoms with Crippen molar-refractivity contribution in [1.82, 2.24) is 0 Å². The summed E-state index contributed by atoms with van der Waals surface area (Å²) < 4.78 is 1.26. The monoisotopic (exact) mass is 260 g/mol. The highest BCUT2D eigenvalue weighted by atomic mass is 32.1. The largest absolute Gasteiger partial charge is 0.385 e. The van der Waals surface area contributed by atoms with Crippen molar-refractivity contribution in [2.24, 2.45) is 5.41 Å². The van der Waals surface area contributed by atoms with Crippen LogP contribution in [0.2, 0.25) is 0 Å². The number of hydrogen-bond donors (Lipinski definition) is 1. The SMILES string of the molecule is CC1(C)CCCC(O)(c2cccc3ccsc23)C1. The number of benzene rings is 1. The molecule has 2 heteroatoms. The summed E-state index contributed by atoms with van der Waals surface area (Å²) in [6.45, 7) is 4.54. The molecule has 1 aliphatic carbocycles. The van der Waals surface area contributed by atoms with Crippen LogP contribution >= 0.6 is 11.3 Å². The lowest BCUT2D eigenvalue weighted by atomic mass is 9.67. The van der Waals surface area contributed by atoms with Crippen molar-refractivity contribution in [3.8, 4) is 0 Å². The summed E-state index contributed by atoms with van der Waals surface area (Å²) in [5, 5.41) is 14.5. The number of aliphatic hydroxyl groups is 1. The molecule has 1 nitrogen and oxygen atoms in total. The van der Waals surface area contributed by atoms with Gasteiger partial charge in [0.05, 0.1) is 5.60 Å². The van der Waals surface area contributed by atoms with Gasteiger partial charge in [0.25, 0.3) is 0 Å². The molecule has 1 aliphatic rings. The van der Waals surface area contributed by atoms with Crippen LogP contribution in [0.25, 0.3) is 10.1 Å². The van der Waals surface area contributed by atoms with E-state index >= 15 is 0 Å². The quantitative estimate of drug-likeness (QED) is 0.788. The molecule has 1 aromatic carbocycles. The van der Waals surface area contributed by atoms with Crippen LogP contribution < -0.4 is 0 Å². The highest BCUT2D eigenvalue weighted by molar-refractivity contribution is 7.17. The van der Waals surface area contributed by atoms with Gasteiger partial charge in [0.2, 0.25) is 0 Å². The molecule has 0 radical (unpaired) electrons. The zero-order chi connectivity index (χ0) is 12.8. The highest BCUT2D eigenvalue weighted by Gasteiger charge is 2.40. The lowest BCUT2D eigenvalue weighted by Gasteiger charge is -2.42. The van der Waals surface area contributed by atoms with Gasteiger partial charge in [-0.05, 0) is 47.9 Å². The Labute approximate surface area is 112 Å². The fourth-order valence-corrected chi connectivity index (χ4v) is 4.43. The summed E-state index contributed by atoms with van der Waals surface area (Å²) in [6.07, 6.45) is 4.10. The molecule has 1 N–H and O–H groups in total. The molecule has 0 bridgehead atoms. The predicted molar refractivity (Wildman–Crippen MR) is 78.0 cm³/mol. The van der Waals surface area contributed by atoms with E-state index in [1.54, 1.807) is 11.3 Å². The third-order valence-electron chi connectivity index (χ3n) is 4.20. The highest BCUT2D eigenvalue weighted by Crippen LogP contribution is 2.48. The minimum Gasteiger partial charge on any atom is -0.385 e. The second kappa shape index (κ2) is 4.07. The molecule has 1 aromatic heterocycles. The summed E-state index contributed by atoms with van der Waals surface area (Å²) in [6, 6.07) is 8.46. The molecule has 0 aliphatic heterocycles. The fourth-order valence-electron chi connectivity index (χ4n) is 3.42. The van der Waals surface area contributed by atoms with E-state index in [0.29, 0.717) is 0 Å². The van der Waals surface area contributed by atoms with Crippen molar-refractivity contribution < 1.29 is 5.11 Å². The number of thiophene rings is 1. The third kappa shape index (κ3) is 1.98. The van der Waals surface area contributed by atoms with E-state index in [-0.39, 0.29) is 5.41 Å². The van der Waals surface area contributed by atoms with Gasteiger partial charge in [-0.2, -0.15) is 0 Å². The summed E-state index contributed by atoms with van der Waals surface area (Å²) in [7, 11) is 0. The van der Waals surface area contributed by atoms with Gasteiger partial charge in [-0.15, -0.1) is 11.3 Å². The van der Waals surface area contributed by atoms with Crippen molar-refractivity contribution in [2.45, 2.75) is 45.1 Å². The molecule has 0 saturated heterocycles. The molecule has 96 valence electrons. The molecular weight excluding hydrogens is 240 g/mol. The number of fused-ring (bicyclic) bond motifs is 1. The summed E-state index contributed by atoms with van der Waals surface area (Å²) in [5.41, 5.74) is 0.751. The van der Waals surface area contributed by atoms with Crippen molar-refractivity contribution in [3.63, 3.8) is 0 Å². The van der Waals surface area contributed by atoms with E-state index in [2.05, 4.69) is 43.5 Å². The Balaban J connectivity index is 2.10. The molecule has 3 rings (SSSR count). The smallest absolute Gasteiger partial charge is 0.0915 e. The van der Waals surface area contributed by atoms with Gasteiger partial charge < -0.3 is 5.11 Å². The van der Waals surface area contributed by atoms with Crippen molar-refractivity contribution in [1.29, 1.82) is 0 Å². The van der Waals surface area contributed by atoms with Crippen LogP contribution in [-0.2, 0) is 5.60 Å². The molecule has 1 atom stereocenters. The average molecular weight is 260 g/mol. The maximum absolute atomic E-state index is 11.1. The zero-order valence-electron chi connectivity index (χ0n) is 11.1. The Kier molecular flexibility index (Phi) is 2.76. The molecule has 1 heterocycles. The normalized spacial score (nSPS) is 27.5. The molecule has 0 spiro atoms. The summed E-state index contributed by atoms with van der Waals surface area (Å²) >= 11 is 1.75. The van der Waals surface area contributed by atoms with Crippen LogP contribution in [0.3, 0.4) is 0 Å². The van der Waals surface area contributed by atoms with E-state index in [1.807, 2.05) is 0 Å². The van der Waals surface area contributed by atoms with Gasteiger partial charge in [0, 0.05) is 10.3 Å². The van der Waals surface area contributed by atoms with Crippen molar-refractivity contribution in [2.75, 3.05) is 0 Å². The van der Waals surface area contributed by atoms with Crippen molar-refractivity contribution in [3.05, 3.63) is 35.2 Å². The fraction of sp³-hybridized carbons (Fsp3) is 0.500. The van der Waals surface area contributed by atoms with Gasteiger partial charge in [0.1, 0.15) is 0 Å². The molecule has 1 fully saturated rings. The summed E-state index contributed by atoms with van der Waals surface area (Å²) in [5.74, 6) is 0. The number of rotatable bonds is 1. The lowest BCUT2D eigenvalue weighted by molar-refractivity contribution is -0.0427. The minimum absolute atomic E-state index is 0.242. The second-order valence-corrected chi connectivity index (χ2v) is 7.29. The van der Waals surface area contributed by atoms with Crippen LogP contribution in [0.1, 0.15) is 45.1 Å². The zero-order valence-corrected chi connectivity index (χ0v) is 11.9. The van der Waals surface area contributed by atoms with E-state index < -0.39 is 5.60 Å². The first-order valence-electron chi connectivity index (χ1n) is 6.69. The molecule has 18 heavy (non-hydrogen) atoms. The van der Waals surface area contributed by atoms with Crippen LogP contribution in [0.5, 0.6) is 0 Å². The average Bonchev–Trinajstić information content (AvgIpc) is 2.74. The first kappa shape index (κ1) is 12.2. The Hall–Kier alpha value is -0.860. The molecule has 0 amide bonds. The van der Waals surface area contributed by atoms with Gasteiger partial charge in [-0.1, -0.05) is 32.0 Å². The van der Waals surface area contributed by atoms with Crippen LogP contribution in [0, 0.1) is 5.41 Å². The molecule has 1 saturated carbocycles. The van der Waals surface area contributed by atoms with E-state index in [0.717, 1.165) is 24.8 Å². The van der Waals surface area contributed by atoms with E-state index in [1.165, 1.54) is 16.5 Å². The standard InChI is InChI=1S/C16H20OS/c1-15(2)8-4-9-16(17,11-15)13-6-3-5-12-7-10-18-14(12)13/h3,5-7,10,17H,4,8-9,11H2,1-2H3. The van der Waals surface area contributed by atoms with Crippen LogP contribution in [-0.4, -0.2) is 5.11 Å². The minimum atomic E-state index is -0.633. The Morgan fingerprint density at radius 2 is 2.00 bits per heavy atom. The van der Waals surface area contributed by atoms with Crippen molar-refractivity contribution >= 4 is 21.4 Å². The lowest BCUT2D eigenvalue weighted by Crippen LogP contribution is -2.36. The van der Waals surface area contributed by atoms with E-state index in [4.69, 9.17) is 0 Å². The van der Waals surface area contributed by atoms with Gasteiger partial charge in [-0.25, -0.2) is 0 Å². The molecule has 1 unspecified atom stereocenters. The maximum atomic E-state index is 11.1. The second-order valence-electron chi connectivity index (χ2n) is 6.37. The first-order chi connectivity index (χ1) is 8.50. The topological polar surface area (TPSA) is 20.2 Å². The van der Waals surface area contributed by atoms with Crippen LogP contribution in [0.4, 0.5) is 0 Å². The first-order valence-corrected chi connectivity index (χ1v) is 7.57. The summed E-state index contributed by atoms with van der Waals surface area (Å²) in [4.78, 5) is 0. The molecular formula is C16H20OS. The maximum Gasteiger partial charge on any atom is 0.0915 e. The Morgan fingerprint density at radius 1 is 1.17 bits per heavy atom. The molecule has 2 aromatic rings. The van der Waals surface area contributed by atoms with Gasteiger partial charge in [-0.3, -0.25) is 0 Å². The van der Waals surface area contributed by atoms with Gasteiger partial charge >= 0.3 is 0 Å². The Bertz CT molecular complexity index is 569. The third-order valence-corrected chi connectivity index (χ3v) is 5.16. The number of hydrogen-bond acceptors (Lipinski definition) is 2. The van der Waals surface area contributed by atoms with Crippen LogP contribution in [0.15, 0.2) is 29.6 Å².